The van der Waals surface area contributed by atoms with Gasteiger partial charge in [-0.25, -0.2) is 4.57 Å². The lowest BCUT2D eigenvalue weighted by atomic mass is 10.1. The lowest BCUT2D eigenvalue weighted by molar-refractivity contribution is -0.161. The van der Waals surface area contributed by atoms with E-state index in [0.29, 0.717) is 6.42 Å². The van der Waals surface area contributed by atoms with Gasteiger partial charge in [-0.05, 0) is 89.5 Å². The molecule has 12 heteroatoms. The number of ketones is 1. The first-order chi connectivity index (χ1) is 29.1. The third-order valence-electron chi connectivity index (χ3n) is 8.69. The number of aliphatic hydroxyl groups is 2. The predicted molar refractivity (Wildman–Crippen MR) is 242 cm³/mol. The Morgan fingerprint density at radius 1 is 0.550 bits per heavy atom. The van der Waals surface area contributed by atoms with Gasteiger partial charge in [0.25, 0.3) is 0 Å². The summed E-state index contributed by atoms with van der Waals surface area (Å²) in [7, 11) is -4.69. The van der Waals surface area contributed by atoms with Crippen LogP contribution in [0.1, 0.15) is 149 Å². The Morgan fingerprint density at radius 2 is 1.03 bits per heavy atom. The fourth-order valence-electron chi connectivity index (χ4n) is 5.22. The number of hydrogen-bond donors (Lipinski definition) is 3. The minimum atomic E-state index is -4.69. The van der Waals surface area contributed by atoms with Crippen molar-refractivity contribution in [2.45, 2.75) is 161 Å². The summed E-state index contributed by atoms with van der Waals surface area (Å²) in [5.74, 6) is -1.36. The molecule has 0 heterocycles. The van der Waals surface area contributed by atoms with Crippen LogP contribution in [0.2, 0.25) is 0 Å². The largest absolute Gasteiger partial charge is 0.472 e. The summed E-state index contributed by atoms with van der Waals surface area (Å²) in [6.45, 7) is 1.99. The fraction of sp³-hybridized carbons (Fsp3) is 0.604. The highest BCUT2D eigenvalue weighted by Gasteiger charge is 2.27. The van der Waals surface area contributed by atoms with Crippen molar-refractivity contribution < 1.29 is 52.6 Å². The maximum absolute atomic E-state index is 12.6. The number of carbonyl (C=O) groups is 3. The number of allylic oxidation sites excluding steroid dienone is 16. The molecule has 0 saturated carbocycles. The molecule has 0 fully saturated rings. The van der Waals surface area contributed by atoms with Gasteiger partial charge < -0.3 is 24.6 Å². The van der Waals surface area contributed by atoms with Gasteiger partial charge in [0.1, 0.15) is 12.7 Å². The topological polar surface area (TPSA) is 166 Å². The first-order valence-electron chi connectivity index (χ1n) is 22.1. The molecular weight excluding hydrogens is 783 g/mol. The summed E-state index contributed by atoms with van der Waals surface area (Å²) in [6, 6.07) is 0. The Labute approximate surface area is 361 Å². The summed E-state index contributed by atoms with van der Waals surface area (Å²) in [4.78, 5) is 47.2. The van der Waals surface area contributed by atoms with Crippen molar-refractivity contribution in [1.82, 2.24) is 0 Å². The van der Waals surface area contributed by atoms with Gasteiger partial charge >= 0.3 is 19.8 Å². The molecule has 3 atom stereocenters. The quantitative estimate of drug-likeness (QED) is 0.0134. The molecule has 0 aromatic heterocycles. The average Bonchev–Trinajstić information content (AvgIpc) is 3.23. The smallest absolute Gasteiger partial charge is 0.462 e. The first-order valence-corrected chi connectivity index (χ1v) is 23.6. The van der Waals surface area contributed by atoms with E-state index in [9.17, 15) is 28.9 Å². The summed E-state index contributed by atoms with van der Waals surface area (Å²) < 4.78 is 32.5. The standard InChI is InChI=1S/C48H77O11P/c1-3-5-7-9-11-13-15-17-18-19-20-21-22-24-26-28-30-32-34-38-48(53)59-46(43-58-60(54,55)57-41-45(51)40-49)42-56-47(52)39-35-37-44(50)36-33-31-29-27-25-23-16-14-12-10-8-6-4-2/h11-14,17-18,20-21,23-26,29,31,33,36,45-46,49,51H,3-10,15-16,19,22,27-28,30,32,34-35,37-43H2,1-2H3,(H,54,55)/b13-11-,14-12-,18-17-,21-20-,25-23-,26-24-,31-29-,36-33+/t45-,46+/m0/s1. The van der Waals surface area contributed by atoms with E-state index in [0.717, 1.165) is 64.2 Å². The highest BCUT2D eigenvalue weighted by Crippen LogP contribution is 2.43. The number of ether oxygens (including phenoxy) is 2. The van der Waals surface area contributed by atoms with Gasteiger partial charge in [-0.2, -0.15) is 0 Å². The van der Waals surface area contributed by atoms with Crippen LogP contribution in [0.4, 0.5) is 0 Å². The van der Waals surface area contributed by atoms with Crippen LogP contribution in [0, 0.1) is 0 Å². The van der Waals surface area contributed by atoms with Crippen LogP contribution in [-0.4, -0.2) is 71.5 Å². The summed E-state index contributed by atoms with van der Waals surface area (Å²) in [5.41, 5.74) is 0. The van der Waals surface area contributed by atoms with Crippen LogP contribution >= 0.6 is 7.82 Å². The molecule has 0 bridgehead atoms. The zero-order valence-corrected chi connectivity index (χ0v) is 37.5. The third kappa shape index (κ3) is 41.3. The molecule has 0 aromatic carbocycles. The molecule has 340 valence electrons. The molecule has 0 radical (unpaired) electrons. The van der Waals surface area contributed by atoms with Crippen molar-refractivity contribution in [1.29, 1.82) is 0 Å². The minimum absolute atomic E-state index is 0.0606. The molecule has 60 heavy (non-hydrogen) atoms. The zero-order chi connectivity index (χ0) is 44.2. The van der Waals surface area contributed by atoms with Crippen LogP contribution in [0.15, 0.2) is 97.2 Å². The number of aliphatic hydroxyl groups excluding tert-OH is 2. The number of carbonyl (C=O) groups excluding carboxylic acids is 3. The number of rotatable bonds is 40. The van der Waals surface area contributed by atoms with Crippen molar-refractivity contribution in [2.75, 3.05) is 26.4 Å². The van der Waals surface area contributed by atoms with Gasteiger partial charge in [-0.15, -0.1) is 0 Å². The Morgan fingerprint density at radius 3 is 1.57 bits per heavy atom. The fourth-order valence-corrected chi connectivity index (χ4v) is 6.01. The molecule has 0 rings (SSSR count). The van der Waals surface area contributed by atoms with E-state index in [1.54, 1.807) is 12.2 Å². The molecule has 0 aliphatic carbocycles. The van der Waals surface area contributed by atoms with Crippen molar-refractivity contribution in [2.24, 2.45) is 0 Å². The van der Waals surface area contributed by atoms with Gasteiger partial charge in [-0.1, -0.05) is 137 Å². The lowest BCUT2D eigenvalue weighted by Gasteiger charge is -2.20. The van der Waals surface area contributed by atoms with E-state index in [4.69, 9.17) is 19.1 Å². The number of hydrogen-bond acceptors (Lipinski definition) is 10. The molecule has 0 amide bonds. The molecule has 0 aliphatic heterocycles. The van der Waals surface area contributed by atoms with Crippen molar-refractivity contribution in [3.8, 4) is 0 Å². The van der Waals surface area contributed by atoms with Crippen LogP contribution in [0.25, 0.3) is 0 Å². The molecule has 0 aliphatic rings. The predicted octanol–water partition coefficient (Wildman–Crippen LogP) is 11.2. The van der Waals surface area contributed by atoms with Crippen molar-refractivity contribution in [3.63, 3.8) is 0 Å². The number of phosphoric acid groups is 1. The number of esters is 2. The number of phosphoric ester groups is 1. The zero-order valence-electron chi connectivity index (χ0n) is 36.6. The van der Waals surface area contributed by atoms with E-state index in [-0.39, 0.29) is 31.5 Å². The highest BCUT2D eigenvalue weighted by atomic mass is 31.2. The Hall–Kier alpha value is -3.44. The van der Waals surface area contributed by atoms with E-state index in [1.807, 2.05) is 6.08 Å². The summed E-state index contributed by atoms with van der Waals surface area (Å²) in [5, 5.41) is 18.3. The van der Waals surface area contributed by atoms with Crippen LogP contribution in [0.3, 0.4) is 0 Å². The first kappa shape index (κ1) is 56.6. The maximum Gasteiger partial charge on any atom is 0.472 e. The lowest BCUT2D eigenvalue weighted by Crippen LogP contribution is -2.29. The average molecular weight is 861 g/mol. The maximum atomic E-state index is 12.6. The Bertz CT molecular complexity index is 1380. The van der Waals surface area contributed by atoms with E-state index in [1.165, 1.54) is 44.6 Å². The summed E-state index contributed by atoms with van der Waals surface area (Å²) in [6.07, 6.45) is 48.0. The SMILES string of the molecule is CCCCC/C=C\C/C=C\C/C=C\C=C\C(=O)CCCC(=O)OC[C@H](COP(=O)(O)OC[C@@H](O)CO)OC(=O)CCCCC/C=C\C/C=C\C/C=C\C/C=C\CCCCC. The van der Waals surface area contributed by atoms with Crippen molar-refractivity contribution in [3.05, 3.63) is 97.2 Å². The molecule has 0 saturated heterocycles. The molecule has 0 spiro atoms. The second-order valence-corrected chi connectivity index (χ2v) is 15.8. The van der Waals surface area contributed by atoms with E-state index in [2.05, 4.69) is 91.3 Å². The van der Waals surface area contributed by atoms with Crippen LogP contribution in [-0.2, 0) is 37.5 Å². The van der Waals surface area contributed by atoms with Gasteiger partial charge in [0, 0.05) is 19.3 Å². The van der Waals surface area contributed by atoms with E-state index < -0.39 is 58.4 Å². The molecular formula is C48H77O11P. The van der Waals surface area contributed by atoms with Gasteiger partial charge in [-0.3, -0.25) is 23.4 Å². The molecule has 0 aromatic rings. The Balaban J connectivity index is 4.56. The third-order valence-corrected chi connectivity index (χ3v) is 9.64. The van der Waals surface area contributed by atoms with Gasteiger partial charge in [0.2, 0.25) is 0 Å². The van der Waals surface area contributed by atoms with Crippen molar-refractivity contribution >= 4 is 25.5 Å². The second kappa shape index (κ2) is 42.3. The molecule has 11 nitrogen and oxygen atoms in total. The Kier molecular flexibility index (Phi) is 39.8. The van der Waals surface area contributed by atoms with Gasteiger partial charge in [0.05, 0.1) is 19.8 Å². The van der Waals surface area contributed by atoms with Crippen LogP contribution in [0.5, 0.6) is 0 Å². The van der Waals surface area contributed by atoms with E-state index >= 15 is 0 Å². The minimum Gasteiger partial charge on any atom is -0.462 e. The molecule has 3 N–H and O–H groups in total. The van der Waals surface area contributed by atoms with Crippen LogP contribution < -0.4 is 0 Å². The summed E-state index contributed by atoms with van der Waals surface area (Å²) >= 11 is 0. The second-order valence-electron chi connectivity index (χ2n) is 14.4. The normalized spacial score (nSPS) is 14.6. The number of unbranched alkanes of at least 4 members (excludes halogenated alkanes) is 9. The highest BCUT2D eigenvalue weighted by molar-refractivity contribution is 7.47. The molecule has 1 unspecified atom stereocenters. The van der Waals surface area contributed by atoms with Gasteiger partial charge in [0.15, 0.2) is 11.9 Å². The monoisotopic (exact) mass is 861 g/mol.